The molecule has 0 heterocycles. The highest BCUT2D eigenvalue weighted by Gasteiger charge is 2.10. The lowest BCUT2D eigenvalue weighted by Crippen LogP contribution is -2.04. The van der Waals surface area contributed by atoms with E-state index in [-0.39, 0.29) is 0 Å². The lowest BCUT2D eigenvalue weighted by atomic mass is 10.1. The number of hydrogen-bond donors (Lipinski definition) is 1. The third-order valence-corrected chi connectivity index (χ3v) is 2.60. The zero-order chi connectivity index (χ0) is 12.0. The van der Waals surface area contributed by atoms with Gasteiger partial charge in [-0.05, 0) is 24.5 Å². The maximum atomic E-state index is 9.83. The van der Waals surface area contributed by atoms with Crippen molar-refractivity contribution in [3.8, 4) is 5.75 Å². The van der Waals surface area contributed by atoms with Gasteiger partial charge in [0.15, 0.2) is 0 Å². The molecule has 1 atom stereocenters. The Hall–Kier alpha value is -1.28. The molecule has 0 amide bonds. The summed E-state index contributed by atoms with van der Waals surface area (Å²) in [4.78, 5) is 0. The van der Waals surface area contributed by atoms with Crippen LogP contribution in [0.4, 0.5) is 0 Å². The van der Waals surface area contributed by atoms with E-state index in [0.717, 1.165) is 23.3 Å². The second-order valence-electron chi connectivity index (χ2n) is 3.85. The molecule has 0 aliphatic carbocycles. The summed E-state index contributed by atoms with van der Waals surface area (Å²) in [6, 6.07) is 7.61. The van der Waals surface area contributed by atoms with Gasteiger partial charge in [0.1, 0.15) is 12.4 Å². The molecule has 88 valence electrons. The van der Waals surface area contributed by atoms with Crippen LogP contribution >= 0.6 is 0 Å². The van der Waals surface area contributed by atoms with E-state index >= 15 is 0 Å². The zero-order valence-electron chi connectivity index (χ0n) is 10.1. The van der Waals surface area contributed by atoms with Crippen LogP contribution < -0.4 is 4.74 Å². The number of hydrogen-bond acceptors (Lipinski definition) is 2. The first-order chi connectivity index (χ1) is 7.69. The van der Waals surface area contributed by atoms with Crippen LogP contribution in [0.1, 0.15) is 38.4 Å². The van der Waals surface area contributed by atoms with Gasteiger partial charge in [0.05, 0.1) is 6.10 Å². The minimum absolute atomic E-state index is 0.453. The molecule has 1 aromatic rings. The maximum Gasteiger partial charge on any atom is 0.125 e. The van der Waals surface area contributed by atoms with Crippen LogP contribution in [0, 0.1) is 0 Å². The largest absolute Gasteiger partial charge is 0.489 e. The molecule has 0 radical (unpaired) electrons. The Kier molecular flexibility index (Phi) is 5.06. The van der Waals surface area contributed by atoms with Crippen molar-refractivity contribution in [3.05, 3.63) is 42.0 Å². The van der Waals surface area contributed by atoms with Crippen LogP contribution in [0.3, 0.4) is 0 Å². The average Bonchev–Trinajstić information content (AvgIpc) is 2.35. The molecular weight excluding hydrogens is 200 g/mol. The normalized spacial score (nSPS) is 12.2. The zero-order valence-corrected chi connectivity index (χ0v) is 10.1. The fourth-order valence-electron chi connectivity index (χ4n) is 1.39. The van der Waals surface area contributed by atoms with Crippen LogP contribution in [0.2, 0.25) is 0 Å². The molecule has 1 rings (SSSR count). The standard InChI is InChI=1S/C14H20O2/c1-4-11(3)10-16-14-9-7-6-8-12(14)13(15)5-2/h6-9,13,15H,3-5,10H2,1-2H3/t13-/m0/s1. The van der Waals surface area contributed by atoms with E-state index in [1.54, 1.807) is 0 Å². The molecule has 1 N–H and O–H groups in total. The second-order valence-corrected chi connectivity index (χ2v) is 3.85. The summed E-state index contributed by atoms with van der Waals surface area (Å²) in [5.74, 6) is 0.756. The molecule has 0 aliphatic rings. The average molecular weight is 220 g/mol. The first-order valence-electron chi connectivity index (χ1n) is 5.75. The first kappa shape index (κ1) is 12.8. The molecule has 2 nitrogen and oxygen atoms in total. The molecule has 0 aliphatic heterocycles. The smallest absolute Gasteiger partial charge is 0.125 e. The highest BCUT2D eigenvalue weighted by Crippen LogP contribution is 2.27. The lowest BCUT2D eigenvalue weighted by molar-refractivity contribution is 0.168. The minimum atomic E-state index is -0.453. The first-order valence-corrected chi connectivity index (χ1v) is 5.75. The second kappa shape index (κ2) is 6.33. The van der Waals surface area contributed by atoms with E-state index in [4.69, 9.17) is 4.74 Å². The highest BCUT2D eigenvalue weighted by atomic mass is 16.5. The Bertz CT molecular complexity index is 344. The summed E-state index contributed by atoms with van der Waals surface area (Å²) in [6.07, 6.45) is 1.15. The number of rotatable bonds is 6. The van der Waals surface area contributed by atoms with Gasteiger partial charge < -0.3 is 9.84 Å². The molecular formula is C14H20O2. The van der Waals surface area contributed by atoms with Gasteiger partial charge >= 0.3 is 0 Å². The summed E-state index contributed by atoms with van der Waals surface area (Å²) in [7, 11) is 0. The van der Waals surface area contributed by atoms with Crippen molar-refractivity contribution in [2.24, 2.45) is 0 Å². The van der Waals surface area contributed by atoms with Crippen molar-refractivity contribution in [1.82, 2.24) is 0 Å². The van der Waals surface area contributed by atoms with Crippen molar-refractivity contribution < 1.29 is 9.84 Å². The topological polar surface area (TPSA) is 29.5 Å². The van der Waals surface area contributed by atoms with Gasteiger partial charge in [-0.25, -0.2) is 0 Å². The molecule has 0 bridgehead atoms. The van der Waals surface area contributed by atoms with E-state index in [0.29, 0.717) is 13.0 Å². The SMILES string of the molecule is C=C(CC)COc1ccccc1[C@@H](O)CC. The van der Waals surface area contributed by atoms with Crippen molar-refractivity contribution in [3.63, 3.8) is 0 Å². The molecule has 0 saturated carbocycles. The third-order valence-electron chi connectivity index (χ3n) is 2.60. The molecule has 0 saturated heterocycles. The van der Waals surface area contributed by atoms with Gasteiger partial charge in [-0.1, -0.05) is 38.6 Å². The molecule has 0 spiro atoms. The molecule has 1 aromatic carbocycles. The quantitative estimate of drug-likeness (QED) is 0.744. The number of para-hydroxylation sites is 1. The van der Waals surface area contributed by atoms with Crippen LogP contribution in [-0.2, 0) is 0 Å². The molecule has 2 heteroatoms. The van der Waals surface area contributed by atoms with Crippen molar-refractivity contribution in [2.75, 3.05) is 6.61 Å². The highest BCUT2D eigenvalue weighted by molar-refractivity contribution is 5.35. The van der Waals surface area contributed by atoms with Gasteiger partial charge in [-0.2, -0.15) is 0 Å². The molecule has 0 aromatic heterocycles. The van der Waals surface area contributed by atoms with Crippen molar-refractivity contribution >= 4 is 0 Å². The Labute approximate surface area is 97.6 Å². The predicted molar refractivity (Wildman–Crippen MR) is 66.6 cm³/mol. The Morgan fingerprint density at radius 2 is 2.06 bits per heavy atom. The van der Waals surface area contributed by atoms with E-state index in [2.05, 4.69) is 13.5 Å². The number of ether oxygens (including phenoxy) is 1. The van der Waals surface area contributed by atoms with Crippen molar-refractivity contribution in [1.29, 1.82) is 0 Å². The van der Waals surface area contributed by atoms with E-state index in [1.165, 1.54) is 0 Å². The summed E-state index contributed by atoms with van der Waals surface area (Å²) in [6.45, 7) is 8.42. The van der Waals surface area contributed by atoms with Gasteiger partial charge in [0.2, 0.25) is 0 Å². The fraction of sp³-hybridized carbons (Fsp3) is 0.429. The summed E-state index contributed by atoms with van der Waals surface area (Å²) >= 11 is 0. The van der Waals surface area contributed by atoms with E-state index in [1.807, 2.05) is 31.2 Å². The monoisotopic (exact) mass is 220 g/mol. The molecule has 0 fully saturated rings. The maximum absolute atomic E-state index is 9.83. The van der Waals surface area contributed by atoms with Gasteiger partial charge in [0, 0.05) is 5.56 Å². The summed E-state index contributed by atoms with van der Waals surface area (Å²) in [5, 5.41) is 9.83. The number of benzene rings is 1. The Balaban J connectivity index is 2.75. The van der Waals surface area contributed by atoms with Gasteiger partial charge in [-0.3, -0.25) is 0 Å². The minimum Gasteiger partial charge on any atom is -0.489 e. The van der Waals surface area contributed by atoms with Crippen LogP contribution in [0.25, 0.3) is 0 Å². The van der Waals surface area contributed by atoms with Gasteiger partial charge in [-0.15, -0.1) is 0 Å². The number of aliphatic hydroxyl groups is 1. The molecule has 0 unspecified atom stereocenters. The van der Waals surface area contributed by atoms with E-state index in [9.17, 15) is 5.11 Å². The van der Waals surface area contributed by atoms with Gasteiger partial charge in [0.25, 0.3) is 0 Å². The Morgan fingerprint density at radius 3 is 2.69 bits per heavy atom. The third kappa shape index (κ3) is 3.38. The van der Waals surface area contributed by atoms with Crippen molar-refractivity contribution in [2.45, 2.75) is 32.8 Å². The van der Waals surface area contributed by atoms with Crippen LogP contribution in [-0.4, -0.2) is 11.7 Å². The Morgan fingerprint density at radius 1 is 1.38 bits per heavy atom. The van der Waals surface area contributed by atoms with E-state index < -0.39 is 6.10 Å². The fourth-order valence-corrected chi connectivity index (χ4v) is 1.39. The van der Waals surface area contributed by atoms with Crippen LogP contribution in [0.15, 0.2) is 36.4 Å². The summed E-state index contributed by atoms with van der Waals surface area (Å²) in [5.41, 5.74) is 1.91. The summed E-state index contributed by atoms with van der Waals surface area (Å²) < 4.78 is 5.65. The van der Waals surface area contributed by atoms with Crippen LogP contribution in [0.5, 0.6) is 5.75 Å². The predicted octanol–water partition coefficient (Wildman–Crippen LogP) is 3.48. The lowest BCUT2D eigenvalue weighted by Gasteiger charge is -2.15. The number of aliphatic hydroxyl groups excluding tert-OH is 1. The molecule has 16 heavy (non-hydrogen) atoms.